The van der Waals surface area contributed by atoms with Gasteiger partial charge in [0.15, 0.2) is 11.5 Å². The Labute approximate surface area is 73.1 Å². The average molecular weight is 177 g/mol. The molecule has 2 heterocycles. The number of anilines is 1. The monoisotopic (exact) mass is 177 g/mol. The lowest BCUT2D eigenvalue weighted by Gasteiger charge is -2.02. The standard InChI is InChI=1S/C7H7N5O/c1-12-4(13)2-9-5-6(8)10-3-11-7(5)12/h2-3H,1H3,(H2,8,10,11). The van der Waals surface area contributed by atoms with E-state index in [4.69, 9.17) is 5.73 Å². The zero-order chi connectivity index (χ0) is 9.42. The molecule has 0 saturated heterocycles. The van der Waals surface area contributed by atoms with Crippen molar-refractivity contribution in [3.8, 4) is 0 Å². The smallest absolute Gasteiger partial charge is 0.270 e. The highest BCUT2D eigenvalue weighted by atomic mass is 16.1. The van der Waals surface area contributed by atoms with Gasteiger partial charge in [-0.1, -0.05) is 0 Å². The van der Waals surface area contributed by atoms with Gasteiger partial charge in [0, 0.05) is 7.05 Å². The number of aryl methyl sites for hydroxylation is 1. The van der Waals surface area contributed by atoms with E-state index < -0.39 is 0 Å². The summed E-state index contributed by atoms with van der Waals surface area (Å²) in [7, 11) is 1.61. The van der Waals surface area contributed by atoms with E-state index in [1.54, 1.807) is 7.05 Å². The normalized spacial score (nSPS) is 10.5. The molecule has 2 rings (SSSR count). The van der Waals surface area contributed by atoms with Gasteiger partial charge in [0.25, 0.3) is 5.56 Å². The van der Waals surface area contributed by atoms with E-state index in [1.165, 1.54) is 17.1 Å². The van der Waals surface area contributed by atoms with Crippen molar-refractivity contribution in [2.24, 2.45) is 7.05 Å². The van der Waals surface area contributed by atoms with E-state index in [-0.39, 0.29) is 11.4 Å². The van der Waals surface area contributed by atoms with Crippen LogP contribution in [0.15, 0.2) is 17.3 Å². The van der Waals surface area contributed by atoms with Crippen molar-refractivity contribution in [2.75, 3.05) is 5.73 Å². The van der Waals surface area contributed by atoms with Crippen molar-refractivity contribution < 1.29 is 0 Å². The summed E-state index contributed by atoms with van der Waals surface area (Å²) in [5.74, 6) is 0.278. The van der Waals surface area contributed by atoms with E-state index in [0.29, 0.717) is 11.2 Å². The minimum absolute atomic E-state index is 0.217. The molecule has 0 aliphatic rings. The summed E-state index contributed by atoms with van der Waals surface area (Å²) in [4.78, 5) is 22.7. The highest BCUT2D eigenvalue weighted by molar-refractivity contribution is 5.80. The SMILES string of the molecule is Cn1c(=O)cnc2c(N)ncnc21. The zero-order valence-corrected chi connectivity index (χ0v) is 6.93. The number of nitrogens with zero attached hydrogens (tertiary/aromatic N) is 4. The Kier molecular flexibility index (Phi) is 1.48. The van der Waals surface area contributed by atoms with Gasteiger partial charge in [-0.05, 0) is 0 Å². The highest BCUT2D eigenvalue weighted by Crippen LogP contribution is 2.09. The summed E-state index contributed by atoms with van der Waals surface area (Å²) in [6, 6.07) is 0. The van der Waals surface area contributed by atoms with Gasteiger partial charge in [-0.3, -0.25) is 9.36 Å². The Hall–Kier alpha value is -1.98. The maximum Gasteiger partial charge on any atom is 0.270 e. The highest BCUT2D eigenvalue weighted by Gasteiger charge is 2.04. The summed E-state index contributed by atoms with van der Waals surface area (Å²) in [5.41, 5.74) is 6.22. The molecule has 0 radical (unpaired) electrons. The molecule has 0 unspecified atom stereocenters. The van der Waals surface area contributed by atoms with Crippen molar-refractivity contribution in [1.82, 2.24) is 19.5 Å². The van der Waals surface area contributed by atoms with E-state index >= 15 is 0 Å². The van der Waals surface area contributed by atoms with Gasteiger partial charge in [0.1, 0.15) is 11.8 Å². The third-order valence-corrected chi connectivity index (χ3v) is 1.78. The first-order chi connectivity index (χ1) is 6.20. The fourth-order valence-corrected chi connectivity index (χ4v) is 1.06. The van der Waals surface area contributed by atoms with Gasteiger partial charge in [0.2, 0.25) is 0 Å². The van der Waals surface area contributed by atoms with Crippen LogP contribution in [-0.4, -0.2) is 19.5 Å². The van der Waals surface area contributed by atoms with Gasteiger partial charge >= 0.3 is 0 Å². The van der Waals surface area contributed by atoms with Crippen LogP contribution in [0.5, 0.6) is 0 Å². The second-order valence-electron chi connectivity index (χ2n) is 2.59. The van der Waals surface area contributed by atoms with Gasteiger partial charge in [0.05, 0.1) is 6.20 Å². The van der Waals surface area contributed by atoms with E-state index in [0.717, 1.165) is 0 Å². The molecule has 0 fully saturated rings. The van der Waals surface area contributed by atoms with Crippen molar-refractivity contribution in [3.05, 3.63) is 22.9 Å². The van der Waals surface area contributed by atoms with Crippen LogP contribution < -0.4 is 11.3 Å². The molecule has 0 amide bonds. The Morgan fingerprint density at radius 2 is 2.15 bits per heavy atom. The molecule has 0 saturated carbocycles. The molecule has 2 N–H and O–H groups in total. The number of rotatable bonds is 0. The third kappa shape index (κ3) is 1.03. The first-order valence-corrected chi connectivity index (χ1v) is 3.62. The molecule has 66 valence electrons. The molecule has 2 aromatic rings. The predicted octanol–water partition coefficient (Wildman–Crippen LogP) is -0.694. The molecule has 0 spiro atoms. The maximum absolute atomic E-state index is 11.1. The molecule has 6 nitrogen and oxygen atoms in total. The summed E-state index contributed by atoms with van der Waals surface area (Å²) in [5, 5.41) is 0. The number of hydrogen-bond acceptors (Lipinski definition) is 5. The Bertz CT molecular complexity index is 518. The zero-order valence-electron chi connectivity index (χ0n) is 6.93. The molecule has 0 aromatic carbocycles. The molecule has 2 aromatic heterocycles. The molecule has 0 bridgehead atoms. The number of nitrogen functional groups attached to an aromatic ring is 1. The number of fused-ring (bicyclic) bond motifs is 1. The van der Waals surface area contributed by atoms with Crippen LogP contribution in [0, 0.1) is 0 Å². The lowest BCUT2D eigenvalue weighted by Crippen LogP contribution is -2.18. The van der Waals surface area contributed by atoms with Gasteiger partial charge < -0.3 is 5.73 Å². The summed E-state index contributed by atoms with van der Waals surface area (Å²) in [6.45, 7) is 0. The molecule has 13 heavy (non-hydrogen) atoms. The summed E-state index contributed by atoms with van der Waals surface area (Å²) < 4.78 is 1.38. The van der Waals surface area contributed by atoms with Gasteiger partial charge in [-0.25, -0.2) is 15.0 Å². The fraction of sp³-hybridized carbons (Fsp3) is 0.143. The van der Waals surface area contributed by atoms with Crippen LogP contribution in [-0.2, 0) is 7.05 Å². The summed E-state index contributed by atoms with van der Waals surface area (Å²) in [6.07, 6.45) is 2.50. The van der Waals surface area contributed by atoms with Crippen molar-refractivity contribution >= 4 is 17.0 Å². The molecule has 6 heteroatoms. The Morgan fingerprint density at radius 1 is 1.38 bits per heavy atom. The van der Waals surface area contributed by atoms with Crippen LogP contribution in [0.25, 0.3) is 11.2 Å². The van der Waals surface area contributed by atoms with Crippen LogP contribution in [0.2, 0.25) is 0 Å². The van der Waals surface area contributed by atoms with Crippen LogP contribution in [0.3, 0.4) is 0 Å². The second-order valence-corrected chi connectivity index (χ2v) is 2.59. The van der Waals surface area contributed by atoms with E-state index in [1.807, 2.05) is 0 Å². The van der Waals surface area contributed by atoms with Crippen LogP contribution in [0.4, 0.5) is 5.82 Å². The van der Waals surface area contributed by atoms with Gasteiger partial charge in [-0.2, -0.15) is 0 Å². The lowest BCUT2D eigenvalue weighted by molar-refractivity contribution is 0.869. The molecular formula is C7H7N5O. The Morgan fingerprint density at radius 3 is 2.92 bits per heavy atom. The average Bonchev–Trinajstić information content (AvgIpc) is 2.12. The van der Waals surface area contributed by atoms with Crippen molar-refractivity contribution in [3.63, 3.8) is 0 Å². The van der Waals surface area contributed by atoms with Gasteiger partial charge in [-0.15, -0.1) is 0 Å². The topological polar surface area (TPSA) is 86.7 Å². The van der Waals surface area contributed by atoms with E-state index in [9.17, 15) is 4.79 Å². The molecule has 0 aliphatic carbocycles. The number of hydrogen-bond donors (Lipinski definition) is 1. The maximum atomic E-state index is 11.1. The van der Waals surface area contributed by atoms with Crippen molar-refractivity contribution in [1.29, 1.82) is 0 Å². The minimum atomic E-state index is -0.217. The third-order valence-electron chi connectivity index (χ3n) is 1.78. The molecule has 0 aliphatic heterocycles. The molecule has 0 atom stereocenters. The minimum Gasteiger partial charge on any atom is -0.382 e. The number of nitrogens with two attached hydrogens (primary N) is 1. The number of aromatic nitrogens is 4. The lowest BCUT2D eigenvalue weighted by atomic mass is 10.4. The first-order valence-electron chi connectivity index (χ1n) is 3.62. The van der Waals surface area contributed by atoms with Crippen LogP contribution >= 0.6 is 0 Å². The largest absolute Gasteiger partial charge is 0.382 e. The second kappa shape index (κ2) is 2.51. The van der Waals surface area contributed by atoms with Crippen LogP contribution in [0.1, 0.15) is 0 Å². The first kappa shape index (κ1) is 7.66. The fourth-order valence-electron chi connectivity index (χ4n) is 1.06. The van der Waals surface area contributed by atoms with E-state index in [2.05, 4.69) is 15.0 Å². The Balaban J connectivity index is 3.03. The quantitative estimate of drug-likeness (QED) is 0.575. The molecular weight excluding hydrogens is 170 g/mol. The predicted molar refractivity (Wildman–Crippen MR) is 47.0 cm³/mol. The summed E-state index contributed by atoms with van der Waals surface area (Å²) >= 11 is 0. The van der Waals surface area contributed by atoms with Crippen molar-refractivity contribution in [2.45, 2.75) is 0 Å².